The van der Waals surface area contributed by atoms with Crippen molar-refractivity contribution in [2.75, 3.05) is 7.11 Å². The monoisotopic (exact) mass is 482 g/mol. The van der Waals surface area contributed by atoms with Gasteiger partial charge in [-0.1, -0.05) is 32.1 Å². The van der Waals surface area contributed by atoms with Crippen LogP contribution in [0.1, 0.15) is 44.2 Å². The van der Waals surface area contributed by atoms with E-state index in [-0.39, 0.29) is 36.8 Å². The van der Waals surface area contributed by atoms with Gasteiger partial charge in [-0.25, -0.2) is 4.79 Å². The van der Waals surface area contributed by atoms with E-state index in [1.807, 2.05) is 0 Å². The van der Waals surface area contributed by atoms with Crippen molar-refractivity contribution in [3.05, 3.63) is 35.4 Å². The summed E-state index contributed by atoms with van der Waals surface area (Å²) in [5.41, 5.74) is 0.263. The summed E-state index contributed by atoms with van der Waals surface area (Å²) in [4.78, 5) is 47.1. The van der Waals surface area contributed by atoms with Crippen LogP contribution in [0, 0.1) is 17.8 Å². The molecule has 0 aliphatic heterocycles. The molecule has 0 fully saturated rings. The van der Waals surface area contributed by atoms with Crippen LogP contribution in [0.15, 0.2) is 29.2 Å². The SMILES string of the molecule is CCC(CC(CC(C)C(=O)O)C(=O)OC)C(=O)OS(=O)(=O)c1cccc2c1C(C(=O)O)=CC2. The third-order valence-corrected chi connectivity index (χ3v) is 6.85. The van der Waals surface area contributed by atoms with Crippen LogP contribution in [0.25, 0.3) is 5.57 Å². The number of carboxylic acid groups (broad SMARTS) is 2. The van der Waals surface area contributed by atoms with Crippen LogP contribution in [0.3, 0.4) is 0 Å². The molecular formula is C22H26O10S. The second-order valence-electron chi connectivity index (χ2n) is 7.81. The normalized spacial score (nSPS) is 15.5. The molecule has 3 atom stereocenters. The largest absolute Gasteiger partial charge is 0.481 e. The number of carboxylic acids is 2. The number of carbonyl (C=O) groups is 4. The molecule has 2 N–H and O–H groups in total. The minimum Gasteiger partial charge on any atom is -0.481 e. The van der Waals surface area contributed by atoms with Gasteiger partial charge in [0.05, 0.1) is 30.4 Å². The summed E-state index contributed by atoms with van der Waals surface area (Å²) in [5, 5.41) is 18.5. The van der Waals surface area contributed by atoms with E-state index in [1.165, 1.54) is 19.1 Å². The van der Waals surface area contributed by atoms with Gasteiger partial charge in [0.15, 0.2) is 0 Å². The summed E-state index contributed by atoms with van der Waals surface area (Å²) in [6.45, 7) is 3.00. The fourth-order valence-corrected chi connectivity index (χ4v) is 4.92. The van der Waals surface area contributed by atoms with Crippen molar-refractivity contribution >= 4 is 39.6 Å². The number of allylic oxidation sites excluding steroid dienone is 1. The predicted molar refractivity (Wildman–Crippen MR) is 114 cm³/mol. The van der Waals surface area contributed by atoms with E-state index in [0.29, 0.717) is 5.56 Å². The highest BCUT2D eigenvalue weighted by Crippen LogP contribution is 2.34. The number of hydrogen-bond donors (Lipinski definition) is 2. The van der Waals surface area contributed by atoms with Gasteiger partial charge in [-0.15, -0.1) is 0 Å². The van der Waals surface area contributed by atoms with Crippen molar-refractivity contribution in [2.24, 2.45) is 17.8 Å². The molecule has 0 heterocycles. The molecule has 1 aliphatic carbocycles. The van der Waals surface area contributed by atoms with E-state index in [9.17, 15) is 32.7 Å². The highest BCUT2D eigenvalue weighted by atomic mass is 32.2. The first kappa shape index (κ1) is 26.0. The molecule has 0 amide bonds. The molecule has 0 spiro atoms. The number of benzene rings is 1. The van der Waals surface area contributed by atoms with Gasteiger partial charge in [-0.3, -0.25) is 14.4 Å². The van der Waals surface area contributed by atoms with Crippen LogP contribution in [0.4, 0.5) is 0 Å². The van der Waals surface area contributed by atoms with Crippen LogP contribution in [-0.4, -0.2) is 49.6 Å². The van der Waals surface area contributed by atoms with E-state index in [0.717, 1.165) is 13.2 Å². The third kappa shape index (κ3) is 5.98. The Labute approximate surface area is 191 Å². The molecule has 0 radical (unpaired) electrons. The van der Waals surface area contributed by atoms with Crippen LogP contribution >= 0.6 is 0 Å². The number of aliphatic carboxylic acids is 2. The summed E-state index contributed by atoms with van der Waals surface area (Å²) in [6, 6.07) is 4.17. The third-order valence-electron chi connectivity index (χ3n) is 5.59. The molecule has 0 saturated heterocycles. The van der Waals surface area contributed by atoms with Gasteiger partial charge in [-0.05, 0) is 37.3 Å². The summed E-state index contributed by atoms with van der Waals surface area (Å²) in [7, 11) is -3.54. The van der Waals surface area contributed by atoms with Crippen molar-refractivity contribution in [1.29, 1.82) is 0 Å². The number of ether oxygens (including phenoxy) is 1. The lowest BCUT2D eigenvalue weighted by molar-refractivity contribution is -0.149. The number of fused-ring (bicyclic) bond motifs is 1. The van der Waals surface area contributed by atoms with E-state index in [2.05, 4.69) is 0 Å². The van der Waals surface area contributed by atoms with Gasteiger partial charge >= 0.3 is 34.0 Å². The Morgan fingerprint density at radius 1 is 1.06 bits per heavy atom. The molecule has 180 valence electrons. The van der Waals surface area contributed by atoms with Crippen molar-refractivity contribution in [1.82, 2.24) is 0 Å². The number of rotatable bonds is 11. The fourth-order valence-electron chi connectivity index (χ4n) is 3.75. The standard InChI is InChI=1S/C22H26O10S/c1-4-13(11-15(21(27)31-3)10-12(2)19(23)24)22(28)32-33(29,30)17-7-5-6-14-8-9-16(18(14)17)20(25)26/h5-7,9,12-13,15H,4,8,10-11H2,1-3H3,(H,23,24)(H,25,26). The maximum absolute atomic E-state index is 12.9. The van der Waals surface area contributed by atoms with Crippen molar-refractivity contribution in [3.8, 4) is 0 Å². The maximum atomic E-state index is 12.9. The zero-order chi connectivity index (χ0) is 24.9. The Bertz CT molecular complexity index is 1090. The molecule has 10 nitrogen and oxygen atoms in total. The second kappa shape index (κ2) is 10.6. The van der Waals surface area contributed by atoms with Crippen LogP contribution in [0.5, 0.6) is 0 Å². The van der Waals surface area contributed by atoms with E-state index in [1.54, 1.807) is 13.0 Å². The molecule has 33 heavy (non-hydrogen) atoms. The van der Waals surface area contributed by atoms with Crippen molar-refractivity contribution in [2.45, 2.75) is 44.4 Å². The molecule has 1 aliphatic rings. The average Bonchev–Trinajstić information content (AvgIpc) is 3.19. The number of methoxy groups -OCH3 is 1. The van der Waals surface area contributed by atoms with E-state index < -0.39 is 56.6 Å². The quantitative estimate of drug-likeness (QED) is 0.353. The van der Waals surface area contributed by atoms with Gasteiger partial charge in [0.2, 0.25) is 0 Å². The van der Waals surface area contributed by atoms with Crippen LogP contribution in [0.2, 0.25) is 0 Å². The first-order valence-corrected chi connectivity index (χ1v) is 11.7. The fraction of sp³-hybridized carbons (Fsp3) is 0.455. The zero-order valence-electron chi connectivity index (χ0n) is 18.4. The molecule has 1 aromatic carbocycles. The molecule has 1 aromatic rings. The summed E-state index contributed by atoms with van der Waals surface area (Å²) >= 11 is 0. The second-order valence-corrected chi connectivity index (χ2v) is 9.32. The van der Waals surface area contributed by atoms with Gasteiger partial charge in [0.25, 0.3) is 0 Å². The average molecular weight is 483 g/mol. The molecule has 2 rings (SSSR count). The molecule has 0 aromatic heterocycles. The Balaban J connectivity index is 2.28. The minimum atomic E-state index is -4.67. The van der Waals surface area contributed by atoms with Crippen LogP contribution < -0.4 is 0 Å². The molecule has 11 heteroatoms. The number of hydrogen-bond acceptors (Lipinski definition) is 8. The molecule has 0 bridgehead atoms. The first-order chi connectivity index (χ1) is 15.4. The Morgan fingerprint density at radius 2 is 1.73 bits per heavy atom. The van der Waals surface area contributed by atoms with E-state index >= 15 is 0 Å². The topological polar surface area (TPSA) is 161 Å². The van der Waals surface area contributed by atoms with E-state index in [4.69, 9.17) is 14.0 Å². The minimum absolute atomic E-state index is 0.0198. The smallest absolute Gasteiger partial charge is 0.342 e. The van der Waals surface area contributed by atoms with Crippen molar-refractivity contribution in [3.63, 3.8) is 0 Å². The number of carbonyl (C=O) groups excluding carboxylic acids is 2. The Morgan fingerprint density at radius 3 is 2.27 bits per heavy atom. The highest BCUT2D eigenvalue weighted by Gasteiger charge is 2.35. The lowest BCUT2D eigenvalue weighted by Crippen LogP contribution is -2.29. The lowest BCUT2D eigenvalue weighted by Gasteiger charge is -2.21. The summed E-state index contributed by atoms with van der Waals surface area (Å²) in [6.07, 6.45) is 1.47. The van der Waals surface area contributed by atoms with Crippen molar-refractivity contribution < 1.29 is 46.7 Å². The predicted octanol–water partition coefficient (Wildman–Crippen LogP) is 2.26. The van der Waals surface area contributed by atoms with Crippen LogP contribution in [-0.2, 0) is 44.6 Å². The maximum Gasteiger partial charge on any atom is 0.342 e. The molecule has 3 unspecified atom stereocenters. The highest BCUT2D eigenvalue weighted by molar-refractivity contribution is 7.87. The Hall–Kier alpha value is -3.21. The summed E-state index contributed by atoms with van der Waals surface area (Å²) in [5.74, 6) is -7.13. The van der Waals surface area contributed by atoms with Gasteiger partial charge < -0.3 is 19.1 Å². The van der Waals surface area contributed by atoms with Gasteiger partial charge in [-0.2, -0.15) is 8.42 Å². The zero-order valence-corrected chi connectivity index (χ0v) is 19.3. The molecule has 0 saturated carbocycles. The molecular weight excluding hydrogens is 456 g/mol. The Kier molecular flexibility index (Phi) is 8.37. The lowest BCUT2D eigenvalue weighted by atomic mass is 9.86. The first-order valence-electron chi connectivity index (χ1n) is 10.3. The van der Waals surface area contributed by atoms with Gasteiger partial charge in [0, 0.05) is 5.56 Å². The van der Waals surface area contributed by atoms with Gasteiger partial charge in [0.1, 0.15) is 4.90 Å². The summed E-state index contributed by atoms with van der Waals surface area (Å²) < 4.78 is 35.4. The number of esters is 1.